The van der Waals surface area contributed by atoms with E-state index in [1.165, 1.54) is 0 Å². The molecule has 5 N–H and O–H groups in total. The number of hydrogen-bond acceptors (Lipinski definition) is 3. The van der Waals surface area contributed by atoms with Crippen LogP contribution in [-0.2, 0) is 9.59 Å². The largest absolute Gasteiger partial charge is 0.370 e. The summed E-state index contributed by atoms with van der Waals surface area (Å²) < 4.78 is 0. The Morgan fingerprint density at radius 3 is 2.50 bits per heavy atom. The maximum Gasteiger partial charge on any atom is 0.220 e. The summed E-state index contributed by atoms with van der Waals surface area (Å²) in [4.78, 5) is 21.9. The van der Waals surface area contributed by atoms with Crippen molar-refractivity contribution < 1.29 is 9.59 Å². The molecule has 0 bridgehead atoms. The summed E-state index contributed by atoms with van der Waals surface area (Å²) in [5, 5.41) is 2.81. The van der Waals surface area contributed by atoms with Gasteiger partial charge in [-0.3, -0.25) is 9.59 Å². The van der Waals surface area contributed by atoms with Crippen LogP contribution in [0.4, 0.5) is 0 Å². The molecule has 0 aliphatic heterocycles. The van der Waals surface area contributed by atoms with Crippen LogP contribution in [0, 0.1) is 5.92 Å². The normalized spacial score (nSPS) is 12.1. The number of primary amides is 1. The lowest BCUT2D eigenvalue weighted by Crippen LogP contribution is -2.28. The number of unbranched alkanes of at least 4 members (excludes halogenated alkanes) is 1. The van der Waals surface area contributed by atoms with Crippen molar-refractivity contribution in [3.8, 4) is 0 Å². The lowest BCUT2D eigenvalue weighted by molar-refractivity contribution is -0.122. The minimum Gasteiger partial charge on any atom is -0.370 e. The second-order valence-corrected chi connectivity index (χ2v) is 3.99. The van der Waals surface area contributed by atoms with E-state index >= 15 is 0 Å². The molecule has 0 radical (unpaired) electrons. The minimum absolute atomic E-state index is 0.0383. The summed E-state index contributed by atoms with van der Waals surface area (Å²) in [5.41, 5.74) is 10.5. The molecule has 0 aromatic heterocycles. The van der Waals surface area contributed by atoms with Crippen LogP contribution in [0.1, 0.15) is 39.0 Å². The predicted molar refractivity (Wildman–Crippen MR) is 63.5 cm³/mol. The van der Waals surface area contributed by atoms with Crippen LogP contribution in [-0.4, -0.2) is 24.9 Å². The van der Waals surface area contributed by atoms with Crippen LogP contribution >= 0.6 is 0 Å². The standard InChI is InChI=1S/C11H23N3O2/c1-2-9(8-12)7-11(16)14-6-4-3-5-10(13)15/h9H,2-8,12H2,1H3,(H2,13,15)(H,14,16). The molecule has 0 aliphatic rings. The van der Waals surface area contributed by atoms with E-state index in [1.807, 2.05) is 6.92 Å². The average Bonchev–Trinajstić information content (AvgIpc) is 2.25. The molecule has 0 spiro atoms. The monoisotopic (exact) mass is 229 g/mol. The van der Waals surface area contributed by atoms with E-state index in [2.05, 4.69) is 5.32 Å². The van der Waals surface area contributed by atoms with Gasteiger partial charge in [-0.2, -0.15) is 0 Å². The van der Waals surface area contributed by atoms with Gasteiger partial charge in [-0.1, -0.05) is 13.3 Å². The second kappa shape index (κ2) is 9.15. The van der Waals surface area contributed by atoms with Crippen molar-refractivity contribution in [2.45, 2.75) is 39.0 Å². The third kappa shape index (κ3) is 8.23. The van der Waals surface area contributed by atoms with Gasteiger partial charge >= 0.3 is 0 Å². The van der Waals surface area contributed by atoms with Crippen molar-refractivity contribution in [2.24, 2.45) is 17.4 Å². The molecule has 0 rings (SSSR count). The molecule has 0 aliphatic carbocycles. The van der Waals surface area contributed by atoms with E-state index in [0.29, 0.717) is 25.9 Å². The van der Waals surface area contributed by atoms with Crippen molar-refractivity contribution in [3.05, 3.63) is 0 Å². The summed E-state index contributed by atoms with van der Waals surface area (Å²) >= 11 is 0. The first-order valence-corrected chi connectivity index (χ1v) is 5.85. The number of rotatable bonds is 9. The maximum absolute atomic E-state index is 11.4. The van der Waals surface area contributed by atoms with E-state index in [9.17, 15) is 9.59 Å². The highest BCUT2D eigenvalue weighted by Crippen LogP contribution is 2.05. The van der Waals surface area contributed by atoms with Crippen molar-refractivity contribution in [1.82, 2.24) is 5.32 Å². The fourth-order valence-corrected chi connectivity index (χ4v) is 1.38. The summed E-state index contributed by atoms with van der Waals surface area (Å²) in [6, 6.07) is 0. The van der Waals surface area contributed by atoms with Crippen LogP contribution in [0.2, 0.25) is 0 Å². The smallest absolute Gasteiger partial charge is 0.220 e. The zero-order valence-electron chi connectivity index (χ0n) is 10.00. The third-order valence-electron chi connectivity index (χ3n) is 2.56. The van der Waals surface area contributed by atoms with Crippen molar-refractivity contribution in [3.63, 3.8) is 0 Å². The zero-order valence-corrected chi connectivity index (χ0v) is 10.00. The van der Waals surface area contributed by atoms with Crippen molar-refractivity contribution >= 4 is 11.8 Å². The first kappa shape index (κ1) is 14.9. The van der Waals surface area contributed by atoms with Gasteiger partial charge < -0.3 is 16.8 Å². The topological polar surface area (TPSA) is 98.2 Å². The van der Waals surface area contributed by atoms with Gasteiger partial charge in [0.05, 0.1) is 0 Å². The molecule has 5 nitrogen and oxygen atoms in total. The highest BCUT2D eigenvalue weighted by Gasteiger charge is 2.09. The molecule has 2 amide bonds. The summed E-state index contributed by atoms with van der Waals surface area (Å²) in [6.45, 7) is 3.18. The molecule has 1 atom stereocenters. The highest BCUT2D eigenvalue weighted by molar-refractivity contribution is 5.76. The van der Waals surface area contributed by atoms with Crippen LogP contribution in [0.25, 0.3) is 0 Å². The molecule has 0 saturated heterocycles. The lowest BCUT2D eigenvalue weighted by atomic mass is 10.0. The minimum atomic E-state index is -0.291. The lowest BCUT2D eigenvalue weighted by Gasteiger charge is -2.11. The summed E-state index contributed by atoms with van der Waals surface area (Å²) in [5.74, 6) is 0.0162. The van der Waals surface area contributed by atoms with E-state index in [1.54, 1.807) is 0 Å². The van der Waals surface area contributed by atoms with Gasteiger partial charge in [0.25, 0.3) is 0 Å². The van der Waals surface area contributed by atoms with E-state index in [-0.39, 0.29) is 17.7 Å². The third-order valence-corrected chi connectivity index (χ3v) is 2.56. The SMILES string of the molecule is CCC(CN)CC(=O)NCCCCC(N)=O. The van der Waals surface area contributed by atoms with Crippen LogP contribution in [0.15, 0.2) is 0 Å². The predicted octanol–water partition coefficient (Wildman–Crippen LogP) is 0.133. The molecule has 0 fully saturated rings. The fourth-order valence-electron chi connectivity index (χ4n) is 1.38. The molecular weight excluding hydrogens is 206 g/mol. The second-order valence-electron chi connectivity index (χ2n) is 3.99. The van der Waals surface area contributed by atoms with Crippen LogP contribution in [0.5, 0.6) is 0 Å². The van der Waals surface area contributed by atoms with Gasteiger partial charge in [-0.15, -0.1) is 0 Å². The Balaban J connectivity index is 3.46. The van der Waals surface area contributed by atoms with Gasteiger partial charge in [0.1, 0.15) is 0 Å². The molecule has 0 aromatic rings. The molecule has 16 heavy (non-hydrogen) atoms. The Morgan fingerprint density at radius 1 is 1.31 bits per heavy atom. The molecular formula is C11H23N3O2. The Hall–Kier alpha value is -1.10. The molecule has 0 heterocycles. The zero-order chi connectivity index (χ0) is 12.4. The van der Waals surface area contributed by atoms with Gasteiger partial charge in [-0.05, 0) is 25.3 Å². The summed E-state index contributed by atoms with van der Waals surface area (Å²) in [7, 11) is 0. The van der Waals surface area contributed by atoms with Crippen LogP contribution < -0.4 is 16.8 Å². The fraction of sp³-hybridized carbons (Fsp3) is 0.818. The average molecular weight is 229 g/mol. The number of carbonyl (C=O) groups is 2. The quantitative estimate of drug-likeness (QED) is 0.490. The summed E-state index contributed by atoms with van der Waals surface area (Å²) in [6.07, 6.45) is 3.31. The molecule has 5 heteroatoms. The molecule has 1 unspecified atom stereocenters. The van der Waals surface area contributed by atoms with Crippen LogP contribution in [0.3, 0.4) is 0 Å². The van der Waals surface area contributed by atoms with Crippen molar-refractivity contribution in [2.75, 3.05) is 13.1 Å². The Bertz CT molecular complexity index is 215. The van der Waals surface area contributed by atoms with Gasteiger partial charge in [-0.25, -0.2) is 0 Å². The molecule has 0 saturated carbocycles. The number of nitrogens with two attached hydrogens (primary N) is 2. The molecule has 0 aromatic carbocycles. The first-order valence-electron chi connectivity index (χ1n) is 5.85. The highest BCUT2D eigenvalue weighted by atomic mass is 16.1. The van der Waals surface area contributed by atoms with Crippen molar-refractivity contribution in [1.29, 1.82) is 0 Å². The van der Waals surface area contributed by atoms with E-state index in [0.717, 1.165) is 19.3 Å². The van der Waals surface area contributed by atoms with Gasteiger partial charge in [0.2, 0.25) is 11.8 Å². The van der Waals surface area contributed by atoms with E-state index < -0.39 is 0 Å². The van der Waals surface area contributed by atoms with Gasteiger partial charge in [0.15, 0.2) is 0 Å². The van der Waals surface area contributed by atoms with Gasteiger partial charge in [0, 0.05) is 19.4 Å². The number of nitrogens with one attached hydrogen (secondary N) is 1. The Kier molecular flexibility index (Phi) is 8.52. The Morgan fingerprint density at radius 2 is 2.00 bits per heavy atom. The Labute approximate surface area is 96.9 Å². The van der Waals surface area contributed by atoms with E-state index in [4.69, 9.17) is 11.5 Å². The maximum atomic E-state index is 11.4. The molecule has 94 valence electrons. The number of hydrogen-bond donors (Lipinski definition) is 3. The number of carbonyl (C=O) groups excluding carboxylic acids is 2. The first-order chi connectivity index (χ1) is 7.60. The number of amides is 2.